The summed E-state index contributed by atoms with van der Waals surface area (Å²) in [6, 6.07) is 14.2. The number of fused-ring (bicyclic) bond motifs is 1. The van der Waals surface area contributed by atoms with Crippen molar-refractivity contribution >= 4 is 22.7 Å². The van der Waals surface area contributed by atoms with Crippen LogP contribution in [0.4, 0.5) is 10.5 Å². The third-order valence-electron chi connectivity index (χ3n) is 3.84. The molecule has 0 aliphatic carbocycles. The van der Waals surface area contributed by atoms with E-state index in [9.17, 15) is 9.90 Å². The molecule has 1 heterocycles. The highest BCUT2D eigenvalue weighted by Gasteiger charge is 2.23. The standard InChI is InChI=1S/C18H19N3O3/c1-12(9-13-11-20-17-8-3-2-7-16(13)17)21(18(22)23)24-15-6-4-5-14(19)10-15/h2-8,10-12,20H,9,19H2,1H3,(H,22,23). The summed E-state index contributed by atoms with van der Waals surface area (Å²) in [4.78, 5) is 20.3. The first-order valence-electron chi connectivity index (χ1n) is 7.65. The van der Waals surface area contributed by atoms with E-state index in [1.807, 2.05) is 37.4 Å². The first kappa shape index (κ1) is 15.7. The number of carbonyl (C=O) groups is 1. The number of rotatable bonds is 5. The molecule has 6 nitrogen and oxygen atoms in total. The number of nitrogens with zero attached hydrogens (tertiary/aromatic N) is 1. The average Bonchev–Trinajstić information content (AvgIpc) is 2.95. The Morgan fingerprint density at radius 2 is 2.08 bits per heavy atom. The van der Waals surface area contributed by atoms with Gasteiger partial charge < -0.3 is 20.7 Å². The van der Waals surface area contributed by atoms with Crippen LogP contribution in [0.2, 0.25) is 0 Å². The summed E-state index contributed by atoms with van der Waals surface area (Å²) >= 11 is 0. The lowest BCUT2D eigenvalue weighted by atomic mass is 10.1. The van der Waals surface area contributed by atoms with Gasteiger partial charge in [-0.1, -0.05) is 24.3 Å². The third-order valence-corrected chi connectivity index (χ3v) is 3.84. The van der Waals surface area contributed by atoms with Crippen molar-refractivity contribution in [2.45, 2.75) is 19.4 Å². The smallest absolute Gasteiger partial charge is 0.441 e. The Morgan fingerprint density at radius 3 is 2.83 bits per heavy atom. The van der Waals surface area contributed by atoms with Gasteiger partial charge in [0, 0.05) is 28.9 Å². The predicted molar refractivity (Wildman–Crippen MR) is 92.8 cm³/mol. The fraction of sp³-hybridized carbons (Fsp3) is 0.167. The van der Waals surface area contributed by atoms with E-state index in [0.717, 1.165) is 21.5 Å². The summed E-state index contributed by atoms with van der Waals surface area (Å²) in [6.45, 7) is 1.81. The summed E-state index contributed by atoms with van der Waals surface area (Å²) in [6.07, 6.45) is 1.28. The number of nitrogens with one attached hydrogen (secondary N) is 1. The van der Waals surface area contributed by atoms with Gasteiger partial charge in [-0.3, -0.25) is 0 Å². The largest absolute Gasteiger partial charge is 0.463 e. The maximum atomic E-state index is 11.6. The van der Waals surface area contributed by atoms with Crippen molar-refractivity contribution in [2.24, 2.45) is 0 Å². The van der Waals surface area contributed by atoms with Crippen LogP contribution < -0.4 is 10.6 Å². The van der Waals surface area contributed by atoms with Gasteiger partial charge in [-0.15, -0.1) is 5.06 Å². The van der Waals surface area contributed by atoms with Gasteiger partial charge in [0.25, 0.3) is 0 Å². The number of amides is 1. The van der Waals surface area contributed by atoms with Crippen LogP contribution in [-0.2, 0) is 6.42 Å². The van der Waals surface area contributed by atoms with Gasteiger partial charge in [-0.2, -0.15) is 0 Å². The second-order valence-electron chi connectivity index (χ2n) is 5.68. The summed E-state index contributed by atoms with van der Waals surface area (Å²) in [5.41, 5.74) is 8.29. The first-order valence-corrected chi connectivity index (χ1v) is 7.65. The molecule has 3 aromatic rings. The Hall–Kier alpha value is -3.15. The van der Waals surface area contributed by atoms with Crippen molar-refractivity contribution in [2.75, 3.05) is 5.73 Å². The van der Waals surface area contributed by atoms with Crippen molar-refractivity contribution in [1.82, 2.24) is 10.0 Å². The van der Waals surface area contributed by atoms with E-state index in [4.69, 9.17) is 10.6 Å². The molecule has 0 saturated carbocycles. The van der Waals surface area contributed by atoms with E-state index in [1.54, 1.807) is 24.3 Å². The molecule has 0 aliphatic heterocycles. The number of anilines is 1. The van der Waals surface area contributed by atoms with Crippen molar-refractivity contribution in [1.29, 1.82) is 0 Å². The minimum Gasteiger partial charge on any atom is -0.463 e. The molecule has 24 heavy (non-hydrogen) atoms. The van der Waals surface area contributed by atoms with Gasteiger partial charge in [-0.05, 0) is 37.1 Å². The highest BCUT2D eigenvalue weighted by molar-refractivity contribution is 5.83. The number of hydrogen-bond donors (Lipinski definition) is 3. The molecule has 0 fully saturated rings. The average molecular weight is 325 g/mol. The number of H-pyrrole nitrogens is 1. The molecular formula is C18H19N3O3. The lowest BCUT2D eigenvalue weighted by molar-refractivity contribution is -0.0633. The Kier molecular flexibility index (Phi) is 4.29. The summed E-state index contributed by atoms with van der Waals surface area (Å²) < 4.78 is 0. The maximum Gasteiger partial charge on any atom is 0.441 e. The maximum absolute atomic E-state index is 11.6. The highest BCUT2D eigenvalue weighted by Crippen LogP contribution is 2.22. The van der Waals surface area contributed by atoms with E-state index in [1.165, 1.54) is 0 Å². The number of aromatic nitrogens is 1. The number of hydroxylamine groups is 2. The van der Waals surface area contributed by atoms with Crippen LogP contribution in [-0.4, -0.2) is 27.3 Å². The van der Waals surface area contributed by atoms with Crippen LogP contribution in [0.25, 0.3) is 10.9 Å². The van der Waals surface area contributed by atoms with Gasteiger partial charge in [-0.25, -0.2) is 4.79 Å². The zero-order chi connectivity index (χ0) is 17.1. The lowest BCUT2D eigenvalue weighted by Crippen LogP contribution is -2.41. The van der Waals surface area contributed by atoms with E-state index in [0.29, 0.717) is 17.9 Å². The quantitative estimate of drug-likeness (QED) is 0.493. The monoisotopic (exact) mass is 325 g/mol. The molecule has 1 aromatic heterocycles. The molecule has 0 saturated heterocycles. The summed E-state index contributed by atoms with van der Waals surface area (Å²) in [5.74, 6) is 0.392. The number of para-hydroxylation sites is 1. The van der Waals surface area contributed by atoms with E-state index in [2.05, 4.69) is 4.98 Å². The normalized spacial score (nSPS) is 12.0. The van der Waals surface area contributed by atoms with Crippen LogP contribution in [0, 0.1) is 0 Å². The molecule has 6 heteroatoms. The van der Waals surface area contributed by atoms with Crippen LogP contribution in [0.1, 0.15) is 12.5 Å². The number of benzene rings is 2. The molecule has 0 spiro atoms. The molecule has 0 aliphatic rings. The number of nitrogens with two attached hydrogens (primary N) is 1. The zero-order valence-corrected chi connectivity index (χ0v) is 13.3. The summed E-state index contributed by atoms with van der Waals surface area (Å²) in [7, 11) is 0. The van der Waals surface area contributed by atoms with Crippen LogP contribution in [0.5, 0.6) is 5.75 Å². The number of nitrogen functional groups attached to an aromatic ring is 1. The molecule has 2 aromatic carbocycles. The third kappa shape index (κ3) is 3.27. The van der Waals surface area contributed by atoms with Crippen LogP contribution in [0.3, 0.4) is 0 Å². The molecule has 1 unspecified atom stereocenters. The molecule has 0 radical (unpaired) electrons. The summed E-state index contributed by atoms with van der Waals surface area (Å²) in [5, 5.41) is 11.5. The van der Waals surface area contributed by atoms with Crippen molar-refractivity contribution in [3.63, 3.8) is 0 Å². The lowest BCUT2D eigenvalue weighted by Gasteiger charge is -2.25. The Bertz CT molecular complexity index is 859. The second kappa shape index (κ2) is 6.54. The van der Waals surface area contributed by atoms with Crippen molar-refractivity contribution in [3.05, 3.63) is 60.3 Å². The van der Waals surface area contributed by atoms with Crippen molar-refractivity contribution in [3.8, 4) is 5.75 Å². The minimum atomic E-state index is -1.15. The van der Waals surface area contributed by atoms with Gasteiger partial charge >= 0.3 is 6.09 Å². The number of carboxylic acid groups (broad SMARTS) is 1. The van der Waals surface area contributed by atoms with Crippen molar-refractivity contribution < 1.29 is 14.7 Å². The molecular weight excluding hydrogens is 306 g/mol. The fourth-order valence-electron chi connectivity index (χ4n) is 2.70. The molecule has 0 bridgehead atoms. The predicted octanol–water partition coefficient (Wildman–Crippen LogP) is 3.66. The first-order chi connectivity index (χ1) is 11.5. The van der Waals surface area contributed by atoms with Crippen LogP contribution >= 0.6 is 0 Å². The topological polar surface area (TPSA) is 91.6 Å². The molecule has 3 rings (SSSR count). The van der Waals surface area contributed by atoms with Crippen LogP contribution in [0.15, 0.2) is 54.7 Å². The molecule has 4 N–H and O–H groups in total. The van der Waals surface area contributed by atoms with Gasteiger partial charge in [0.05, 0.1) is 6.04 Å². The second-order valence-corrected chi connectivity index (χ2v) is 5.68. The molecule has 124 valence electrons. The van der Waals surface area contributed by atoms with Gasteiger partial charge in [0.2, 0.25) is 0 Å². The number of aromatic amines is 1. The Morgan fingerprint density at radius 1 is 1.29 bits per heavy atom. The Balaban J connectivity index is 1.79. The van der Waals surface area contributed by atoms with Gasteiger partial charge in [0.1, 0.15) is 0 Å². The highest BCUT2D eigenvalue weighted by atomic mass is 16.7. The molecule has 1 atom stereocenters. The van der Waals surface area contributed by atoms with Gasteiger partial charge in [0.15, 0.2) is 5.75 Å². The molecule has 1 amide bonds. The van der Waals surface area contributed by atoms with E-state index >= 15 is 0 Å². The fourth-order valence-corrected chi connectivity index (χ4v) is 2.70. The minimum absolute atomic E-state index is 0.372. The van der Waals surface area contributed by atoms with E-state index in [-0.39, 0.29) is 6.04 Å². The SMILES string of the molecule is CC(Cc1c[nH]c2ccccc12)N(Oc1cccc(N)c1)C(=O)O. The Labute approximate surface area is 139 Å². The number of hydrogen-bond acceptors (Lipinski definition) is 3. The van der Waals surface area contributed by atoms with E-state index < -0.39 is 6.09 Å². The zero-order valence-electron chi connectivity index (χ0n) is 13.3.